The fraction of sp³-hybridized carbons (Fsp3) is 0.476. The van der Waals surface area contributed by atoms with Gasteiger partial charge in [-0.25, -0.2) is 9.97 Å². The minimum absolute atomic E-state index is 0.102. The molecule has 4 rings (SSSR count). The summed E-state index contributed by atoms with van der Waals surface area (Å²) in [5.74, 6) is 1.78. The molecule has 1 fully saturated rings. The Kier molecular flexibility index (Phi) is 6.31. The van der Waals surface area contributed by atoms with Crippen molar-refractivity contribution in [2.24, 2.45) is 0 Å². The lowest BCUT2D eigenvalue weighted by atomic mass is 10.2. The van der Waals surface area contributed by atoms with Crippen LogP contribution in [0.25, 0.3) is 10.9 Å². The van der Waals surface area contributed by atoms with Crippen LogP contribution in [-0.4, -0.2) is 60.0 Å². The van der Waals surface area contributed by atoms with Crippen LogP contribution in [0.5, 0.6) is 11.5 Å². The maximum Gasteiger partial charge on any atom is 0.261 e. The zero-order valence-electron chi connectivity index (χ0n) is 17.5. The molecule has 0 N–H and O–H groups in total. The standard InChI is InChI=1S/C21H26N4O4S/c1-4-20-22-14(13-30-20)11-25-19(12-24-5-7-29-8-6-24)23-16-10-18(28-3)17(27-2)9-15(16)21(25)26/h9-10,13H,4-8,11-12H2,1-3H3. The molecule has 3 aromatic rings. The van der Waals surface area contributed by atoms with Crippen LogP contribution >= 0.6 is 11.3 Å². The summed E-state index contributed by atoms with van der Waals surface area (Å²) in [6, 6.07) is 3.47. The zero-order chi connectivity index (χ0) is 21.1. The number of ether oxygens (including phenoxy) is 3. The fourth-order valence-corrected chi connectivity index (χ4v) is 4.32. The van der Waals surface area contributed by atoms with Gasteiger partial charge in [-0.05, 0) is 12.5 Å². The number of thiazole rings is 1. The number of methoxy groups -OCH3 is 2. The number of morpholine rings is 1. The number of benzene rings is 1. The first-order chi connectivity index (χ1) is 14.6. The lowest BCUT2D eigenvalue weighted by Crippen LogP contribution is -2.38. The first kappa shape index (κ1) is 20.8. The van der Waals surface area contributed by atoms with Crippen LogP contribution in [0.1, 0.15) is 23.4 Å². The van der Waals surface area contributed by atoms with E-state index in [1.807, 2.05) is 5.38 Å². The first-order valence-electron chi connectivity index (χ1n) is 10.0. The van der Waals surface area contributed by atoms with E-state index in [2.05, 4.69) is 16.8 Å². The van der Waals surface area contributed by atoms with Gasteiger partial charge < -0.3 is 14.2 Å². The van der Waals surface area contributed by atoms with Crippen LogP contribution in [-0.2, 0) is 24.2 Å². The molecule has 0 aliphatic carbocycles. The van der Waals surface area contributed by atoms with E-state index < -0.39 is 0 Å². The summed E-state index contributed by atoms with van der Waals surface area (Å²) in [4.78, 5) is 25.3. The van der Waals surface area contributed by atoms with Crippen LogP contribution in [0.15, 0.2) is 22.3 Å². The Morgan fingerprint density at radius 2 is 1.83 bits per heavy atom. The summed E-state index contributed by atoms with van der Waals surface area (Å²) in [5.41, 5.74) is 1.38. The number of aromatic nitrogens is 3. The van der Waals surface area contributed by atoms with Crippen molar-refractivity contribution in [1.29, 1.82) is 0 Å². The van der Waals surface area contributed by atoms with Crippen molar-refractivity contribution in [3.05, 3.63) is 44.4 Å². The molecule has 1 saturated heterocycles. The number of nitrogens with zero attached hydrogens (tertiary/aromatic N) is 4. The average molecular weight is 431 g/mol. The molecule has 30 heavy (non-hydrogen) atoms. The highest BCUT2D eigenvalue weighted by Gasteiger charge is 2.19. The maximum absolute atomic E-state index is 13.5. The van der Waals surface area contributed by atoms with Crippen molar-refractivity contribution in [2.45, 2.75) is 26.4 Å². The van der Waals surface area contributed by atoms with Crippen molar-refractivity contribution in [3.8, 4) is 11.5 Å². The molecule has 0 atom stereocenters. The van der Waals surface area contributed by atoms with E-state index in [0.717, 1.165) is 30.2 Å². The normalized spacial score (nSPS) is 14.9. The molecule has 3 heterocycles. The highest BCUT2D eigenvalue weighted by atomic mass is 32.1. The van der Waals surface area contributed by atoms with E-state index in [1.54, 1.807) is 42.3 Å². The molecule has 0 unspecified atom stereocenters. The molecular formula is C21H26N4O4S. The van der Waals surface area contributed by atoms with Crippen LogP contribution in [0.2, 0.25) is 0 Å². The van der Waals surface area contributed by atoms with Gasteiger partial charge in [-0.3, -0.25) is 14.3 Å². The van der Waals surface area contributed by atoms with Gasteiger partial charge in [-0.1, -0.05) is 6.92 Å². The van der Waals surface area contributed by atoms with Gasteiger partial charge in [0.2, 0.25) is 0 Å². The predicted octanol–water partition coefficient (Wildman–Crippen LogP) is 2.31. The van der Waals surface area contributed by atoms with Crippen LogP contribution in [0.4, 0.5) is 0 Å². The smallest absolute Gasteiger partial charge is 0.261 e. The highest BCUT2D eigenvalue weighted by molar-refractivity contribution is 7.09. The summed E-state index contributed by atoms with van der Waals surface area (Å²) in [5, 5.41) is 3.58. The highest BCUT2D eigenvalue weighted by Crippen LogP contribution is 2.30. The molecule has 1 aromatic carbocycles. The Balaban J connectivity index is 1.82. The predicted molar refractivity (Wildman–Crippen MR) is 116 cm³/mol. The Morgan fingerprint density at radius 1 is 1.10 bits per heavy atom. The largest absolute Gasteiger partial charge is 0.493 e. The van der Waals surface area contributed by atoms with Gasteiger partial charge in [-0.2, -0.15) is 0 Å². The zero-order valence-corrected chi connectivity index (χ0v) is 18.3. The lowest BCUT2D eigenvalue weighted by Gasteiger charge is -2.27. The molecule has 0 radical (unpaired) electrons. The quantitative estimate of drug-likeness (QED) is 0.569. The molecule has 0 spiro atoms. The van der Waals surface area contributed by atoms with Crippen molar-refractivity contribution in [3.63, 3.8) is 0 Å². The molecule has 9 heteroatoms. The molecule has 0 amide bonds. The third kappa shape index (κ3) is 4.19. The Labute approximate surface area is 179 Å². The minimum atomic E-state index is -0.102. The van der Waals surface area contributed by atoms with Gasteiger partial charge in [0.1, 0.15) is 5.82 Å². The van der Waals surface area contributed by atoms with Crippen molar-refractivity contribution >= 4 is 22.2 Å². The Hall–Kier alpha value is -2.49. The molecule has 8 nitrogen and oxygen atoms in total. The van der Waals surface area contributed by atoms with E-state index in [0.29, 0.717) is 54.5 Å². The molecule has 1 aliphatic rings. The van der Waals surface area contributed by atoms with E-state index in [1.165, 1.54) is 0 Å². The molecule has 160 valence electrons. The number of hydrogen-bond acceptors (Lipinski definition) is 8. The van der Waals surface area contributed by atoms with Crippen LogP contribution in [0.3, 0.4) is 0 Å². The second-order valence-electron chi connectivity index (χ2n) is 7.12. The summed E-state index contributed by atoms with van der Waals surface area (Å²) < 4.78 is 18.0. The summed E-state index contributed by atoms with van der Waals surface area (Å²) in [6.45, 7) is 6.06. The summed E-state index contributed by atoms with van der Waals surface area (Å²) in [7, 11) is 3.14. The SMILES string of the molecule is CCc1nc(Cn2c(CN3CCOCC3)nc3cc(OC)c(OC)cc3c2=O)cs1. The number of fused-ring (bicyclic) bond motifs is 1. The molecule has 0 saturated carbocycles. The molecule has 0 bridgehead atoms. The molecule has 1 aliphatic heterocycles. The van der Waals surface area contributed by atoms with Crippen molar-refractivity contribution in [2.75, 3.05) is 40.5 Å². The molecule has 2 aromatic heterocycles. The van der Waals surface area contributed by atoms with Gasteiger partial charge in [0, 0.05) is 24.5 Å². The third-order valence-corrected chi connectivity index (χ3v) is 6.27. The monoisotopic (exact) mass is 430 g/mol. The van der Waals surface area contributed by atoms with Gasteiger partial charge in [0.05, 0.1) is 62.1 Å². The Morgan fingerprint density at radius 3 is 2.50 bits per heavy atom. The topological polar surface area (TPSA) is 78.7 Å². The van der Waals surface area contributed by atoms with Gasteiger partial charge >= 0.3 is 0 Å². The third-order valence-electron chi connectivity index (χ3n) is 5.23. The number of aryl methyl sites for hydroxylation is 1. The number of rotatable bonds is 7. The van der Waals surface area contributed by atoms with E-state index >= 15 is 0 Å². The summed E-state index contributed by atoms with van der Waals surface area (Å²) >= 11 is 1.62. The first-order valence-corrected chi connectivity index (χ1v) is 10.9. The minimum Gasteiger partial charge on any atom is -0.493 e. The Bertz CT molecular complexity index is 1090. The van der Waals surface area contributed by atoms with E-state index in [9.17, 15) is 4.79 Å². The van der Waals surface area contributed by atoms with Gasteiger partial charge in [-0.15, -0.1) is 11.3 Å². The number of hydrogen-bond donors (Lipinski definition) is 0. The molecular weight excluding hydrogens is 404 g/mol. The van der Waals surface area contributed by atoms with Crippen molar-refractivity contribution in [1.82, 2.24) is 19.4 Å². The van der Waals surface area contributed by atoms with Crippen molar-refractivity contribution < 1.29 is 14.2 Å². The summed E-state index contributed by atoms with van der Waals surface area (Å²) in [6.07, 6.45) is 0.882. The average Bonchev–Trinajstić information content (AvgIpc) is 3.24. The lowest BCUT2D eigenvalue weighted by molar-refractivity contribution is 0.0325. The fourth-order valence-electron chi connectivity index (χ4n) is 3.58. The second-order valence-corrected chi connectivity index (χ2v) is 8.06. The van der Waals surface area contributed by atoms with Gasteiger partial charge in [0.15, 0.2) is 11.5 Å². The maximum atomic E-state index is 13.5. The van der Waals surface area contributed by atoms with Crippen LogP contribution in [0, 0.1) is 0 Å². The van der Waals surface area contributed by atoms with E-state index in [4.69, 9.17) is 19.2 Å². The second kappa shape index (κ2) is 9.11. The van der Waals surface area contributed by atoms with Crippen LogP contribution < -0.4 is 15.0 Å². The van der Waals surface area contributed by atoms with Gasteiger partial charge in [0.25, 0.3) is 5.56 Å². The van der Waals surface area contributed by atoms with E-state index in [-0.39, 0.29) is 5.56 Å².